The van der Waals surface area contributed by atoms with Crippen LogP contribution < -0.4 is 16.2 Å². The van der Waals surface area contributed by atoms with Crippen LogP contribution in [-0.2, 0) is 13.1 Å². The standard InChI is InChI=1S/C29H37N7O2/c1-18(2)36-27-25(17-32-36)23(28(37)31-16-24-19(3)13-20(4)33-29(24)38)14-26(34-27)22-9-7-21(8-10-22)15-30-11-12-35(5)6/h7-10,13-14,17-18,30H,11-12,15-16H2,1-6H3,(H,31,37)(H,33,38). The van der Waals surface area contributed by atoms with Gasteiger partial charge in [0.25, 0.3) is 11.5 Å². The van der Waals surface area contributed by atoms with Gasteiger partial charge in [0.15, 0.2) is 5.65 Å². The summed E-state index contributed by atoms with van der Waals surface area (Å²) in [6.07, 6.45) is 1.69. The average molecular weight is 516 g/mol. The number of likely N-dealkylation sites (N-methyl/N-ethyl adjacent to an activating group) is 1. The lowest BCUT2D eigenvalue weighted by Gasteiger charge is -2.12. The summed E-state index contributed by atoms with van der Waals surface area (Å²) in [6, 6.07) is 12.0. The summed E-state index contributed by atoms with van der Waals surface area (Å²) < 4.78 is 1.83. The van der Waals surface area contributed by atoms with Gasteiger partial charge in [-0.05, 0) is 65.0 Å². The first-order chi connectivity index (χ1) is 18.1. The smallest absolute Gasteiger partial charge is 0.253 e. The predicted octanol–water partition coefficient (Wildman–Crippen LogP) is 3.57. The van der Waals surface area contributed by atoms with Crippen LogP contribution in [-0.4, -0.2) is 57.7 Å². The molecule has 0 fully saturated rings. The molecule has 1 amide bonds. The molecule has 0 saturated carbocycles. The fourth-order valence-electron chi connectivity index (χ4n) is 4.43. The second kappa shape index (κ2) is 11.7. The molecule has 1 aromatic carbocycles. The average Bonchev–Trinajstić information content (AvgIpc) is 3.30. The number of fused-ring (bicyclic) bond motifs is 1. The number of H-pyrrole nitrogens is 1. The maximum absolute atomic E-state index is 13.4. The van der Waals surface area contributed by atoms with Crippen molar-refractivity contribution in [1.82, 2.24) is 35.3 Å². The van der Waals surface area contributed by atoms with Gasteiger partial charge in [-0.2, -0.15) is 5.10 Å². The van der Waals surface area contributed by atoms with Crippen LogP contribution in [0.4, 0.5) is 0 Å². The van der Waals surface area contributed by atoms with Crippen molar-refractivity contribution in [2.75, 3.05) is 27.2 Å². The molecule has 200 valence electrons. The lowest BCUT2D eigenvalue weighted by Crippen LogP contribution is -2.28. The molecule has 3 N–H and O–H groups in total. The second-order valence-electron chi connectivity index (χ2n) is 10.3. The first-order valence-corrected chi connectivity index (χ1v) is 12.9. The van der Waals surface area contributed by atoms with Gasteiger partial charge in [-0.15, -0.1) is 0 Å². The van der Waals surface area contributed by atoms with Crippen molar-refractivity contribution < 1.29 is 4.79 Å². The Balaban J connectivity index is 1.62. The highest BCUT2D eigenvalue weighted by Gasteiger charge is 2.19. The normalized spacial score (nSPS) is 11.6. The quantitative estimate of drug-likeness (QED) is 0.279. The number of carbonyl (C=O) groups is 1. The highest BCUT2D eigenvalue weighted by Crippen LogP contribution is 2.27. The maximum atomic E-state index is 13.4. The molecule has 38 heavy (non-hydrogen) atoms. The van der Waals surface area contributed by atoms with Crippen molar-refractivity contribution >= 4 is 16.9 Å². The van der Waals surface area contributed by atoms with E-state index in [4.69, 9.17) is 4.98 Å². The van der Waals surface area contributed by atoms with Crippen LogP contribution in [0.5, 0.6) is 0 Å². The summed E-state index contributed by atoms with van der Waals surface area (Å²) in [5.41, 5.74) is 5.92. The second-order valence-corrected chi connectivity index (χ2v) is 10.3. The summed E-state index contributed by atoms with van der Waals surface area (Å²) >= 11 is 0. The minimum atomic E-state index is -0.275. The van der Waals surface area contributed by atoms with E-state index < -0.39 is 0 Å². The summed E-state index contributed by atoms with van der Waals surface area (Å²) in [4.78, 5) is 35.7. The molecule has 0 saturated heterocycles. The third kappa shape index (κ3) is 6.17. The largest absolute Gasteiger partial charge is 0.348 e. The summed E-state index contributed by atoms with van der Waals surface area (Å²) in [5.74, 6) is -0.275. The molecule has 4 aromatic rings. The van der Waals surface area contributed by atoms with Crippen molar-refractivity contribution in [3.05, 3.63) is 80.9 Å². The minimum Gasteiger partial charge on any atom is -0.348 e. The van der Waals surface area contributed by atoms with E-state index in [1.54, 1.807) is 12.3 Å². The van der Waals surface area contributed by atoms with E-state index in [9.17, 15) is 9.59 Å². The summed E-state index contributed by atoms with van der Waals surface area (Å²) in [6.45, 7) is 10.6. The summed E-state index contributed by atoms with van der Waals surface area (Å²) in [5, 5.41) is 11.6. The Morgan fingerprint density at radius 1 is 1.11 bits per heavy atom. The third-order valence-electron chi connectivity index (χ3n) is 6.53. The van der Waals surface area contributed by atoms with Crippen molar-refractivity contribution in [1.29, 1.82) is 0 Å². The van der Waals surface area contributed by atoms with E-state index in [2.05, 4.69) is 51.8 Å². The molecule has 0 radical (unpaired) electrons. The number of aromatic amines is 1. The molecule has 4 rings (SSSR count). The van der Waals surface area contributed by atoms with E-state index in [1.807, 2.05) is 50.6 Å². The maximum Gasteiger partial charge on any atom is 0.253 e. The van der Waals surface area contributed by atoms with Crippen molar-refractivity contribution in [2.45, 2.75) is 46.8 Å². The van der Waals surface area contributed by atoms with Crippen LogP contribution in [0, 0.1) is 13.8 Å². The topological polar surface area (TPSA) is 108 Å². The third-order valence-corrected chi connectivity index (χ3v) is 6.53. The van der Waals surface area contributed by atoms with E-state index in [0.717, 1.165) is 36.5 Å². The molecule has 9 heteroatoms. The van der Waals surface area contributed by atoms with Crippen LogP contribution >= 0.6 is 0 Å². The number of amides is 1. The van der Waals surface area contributed by atoms with Gasteiger partial charge in [0.05, 0.1) is 22.8 Å². The highest BCUT2D eigenvalue weighted by atomic mass is 16.1. The zero-order valence-electron chi connectivity index (χ0n) is 23.1. The molecular formula is C29H37N7O2. The lowest BCUT2D eigenvalue weighted by molar-refractivity contribution is 0.0952. The number of hydrogen-bond acceptors (Lipinski definition) is 6. The first kappa shape index (κ1) is 27.2. The number of nitrogens with zero attached hydrogens (tertiary/aromatic N) is 4. The van der Waals surface area contributed by atoms with Crippen LogP contribution in [0.15, 0.2) is 47.4 Å². The minimum absolute atomic E-state index is 0.0792. The van der Waals surface area contributed by atoms with Crippen molar-refractivity contribution in [3.8, 4) is 11.3 Å². The Hall–Kier alpha value is -3.82. The highest BCUT2D eigenvalue weighted by molar-refractivity contribution is 6.06. The molecule has 0 aliphatic carbocycles. The predicted molar refractivity (Wildman–Crippen MR) is 151 cm³/mol. The Kier molecular flexibility index (Phi) is 8.38. The number of carbonyl (C=O) groups excluding carboxylic acids is 1. The SMILES string of the molecule is Cc1cc(C)c(CNC(=O)c2cc(-c3ccc(CNCCN(C)C)cc3)nc3c2cnn3C(C)C)c(=O)[nH]1. The van der Waals surface area contributed by atoms with Crippen molar-refractivity contribution in [3.63, 3.8) is 0 Å². The molecule has 0 spiro atoms. The van der Waals surface area contributed by atoms with Gasteiger partial charge in [-0.3, -0.25) is 9.59 Å². The lowest BCUT2D eigenvalue weighted by atomic mass is 10.0. The van der Waals surface area contributed by atoms with E-state index in [-0.39, 0.29) is 24.1 Å². The number of benzene rings is 1. The molecule has 0 bridgehead atoms. The van der Waals surface area contributed by atoms with E-state index >= 15 is 0 Å². The number of pyridine rings is 2. The Labute approximate surface area is 223 Å². The number of hydrogen-bond donors (Lipinski definition) is 3. The van der Waals surface area contributed by atoms with Gasteiger partial charge in [0.2, 0.25) is 0 Å². The van der Waals surface area contributed by atoms with E-state index in [1.165, 1.54) is 5.56 Å². The number of nitrogens with one attached hydrogen (secondary N) is 3. The van der Waals surface area contributed by atoms with Gasteiger partial charge in [-0.25, -0.2) is 9.67 Å². The van der Waals surface area contributed by atoms with Crippen molar-refractivity contribution in [2.24, 2.45) is 0 Å². The Bertz CT molecular complexity index is 1480. The monoisotopic (exact) mass is 515 g/mol. The number of aryl methyl sites for hydroxylation is 2. The molecule has 0 aliphatic heterocycles. The van der Waals surface area contributed by atoms with Crippen LogP contribution in [0.2, 0.25) is 0 Å². The van der Waals surface area contributed by atoms with Gasteiger partial charge in [0.1, 0.15) is 0 Å². The van der Waals surface area contributed by atoms with Crippen LogP contribution in [0.3, 0.4) is 0 Å². The zero-order chi connectivity index (χ0) is 27.4. The van der Waals surface area contributed by atoms with Crippen LogP contribution in [0.1, 0.15) is 52.6 Å². The zero-order valence-corrected chi connectivity index (χ0v) is 23.1. The molecule has 3 heterocycles. The number of rotatable bonds is 10. The molecule has 3 aromatic heterocycles. The fraction of sp³-hybridized carbons (Fsp3) is 0.379. The molecular weight excluding hydrogens is 478 g/mol. The van der Waals surface area contributed by atoms with Crippen LogP contribution in [0.25, 0.3) is 22.3 Å². The summed E-state index contributed by atoms with van der Waals surface area (Å²) in [7, 11) is 4.12. The molecule has 0 aliphatic rings. The van der Waals surface area contributed by atoms with E-state index in [0.29, 0.717) is 27.9 Å². The van der Waals surface area contributed by atoms with Gasteiger partial charge < -0.3 is 20.5 Å². The Morgan fingerprint density at radius 2 is 1.84 bits per heavy atom. The van der Waals surface area contributed by atoms with Gasteiger partial charge in [0, 0.05) is 49.0 Å². The number of aromatic nitrogens is 4. The molecule has 0 atom stereocenters. The molecule has 0 unspecified atom stereocenters. The Morgan fingerprint density at radius 3 is 2.50 bits per heavy atom. The van der Waals surface area contributed by atoms with Gasteiger partial charge >= 0.3 is 0 Å². The fourth-order valence-corrected chi connectivity index (χ4v) is 4.43. The first-order valence-electron chi connectivity index (χ1n) is 12.9. The molecule has 9 nitrogen and oxygen atoms in total. The van der Waals surface area contributed by atoms with Gasteiger partial charge in [-0.1, -0.05) is 24.3 Å².